The molecule has 5 N–H and O–H groups in total. The first kappa shape index (κ1) is 31.5. The second-order valence-electron chi connectivity index (χ2n) is 13.5. The molecule has 13 nitrogen and oxygen atoms in total. The van der Waals surface area contributed by atoms with Crippen molar-refractivity contribution < 1.29 is 34.5 Å². The van der Waals surface area contributed by atoms with E-state index in [9.17, 15) is 29.7 Å². The summed E-state index contributed by atoms with van der Waals surface area (Å²) in [6.07, 6.45) is -0.684. The van der Waals surface area contributed by atoms with Gasteiger partial charge in [-0.15, -0.1) is 0 Å². The maximum absolute atomic E-state index is 15.1. The molecule has 1 unspecified atom stereocenters. The van der Waals surface area contributed by atoms with Gasteiger partial charge < -0.3 is 35.8 Å². The van der Waals surface area contributed by atoms with Crippen molar-refractivity contribution in [1.82, 2.24) is 19.6 Å². The van der Waals surface area contributed by atoms with E-state index in [0.29, 0.717) is 22.5 Å². The van der Waals surface area contributed by atoms with Crippen LogP contribution < -0.4 is 10.6 Å². The normalized spacial score (nSPS) is 37.6. The number of nitrogens with zero attached hydrogens (tertiary/aromatic N) is 4. The van der Waals surface area contributed by atoms with Gasteiger partial charge in [0.1, 0.15) is 30.2 Å². The van der Waals surface area contributed by atoms with Crippen LogP contribution in [0.25, 0.3) is 0 Å². The van der Waals surface area contributed by atoms with E-state index in [1.807, 2.05) is 44.4 Å². The van der Waals surface area contributed by atoms with E-state index < -0.39 is 70.2 Å². The smallest absolute Gasteiger partial charge is 0.279 e. The lowest BCUT2D eigenvalue weighted by atomic mass is 9.54. The Balaban J connectivity index is 1.47. The minimum absolute atomic E-state index is 0.0945. The molecule has 6 aliphatic rings. The van der Waals surface area contributed by atoms with Gasteiger partial charge in [-0.1, -0.05) is 71.8 Å². The number of piperazine rings is 2. The van der Waals surface area contributed by atoms with Crippen molar-refractivity contribution in [2.24, 2.45) is 5.92 Å². The Kier molecular flexibility index (Phi) is 6.50. The first-order valence-electron chi connectivity index (χ1n) is 15.7. The topological polar surface area (TPSA) is 166 Å². The van der Waals surface area contributed by atoms with E-state index >= 15 is 4.79 Å². The van der Waals surface area contributed by atoms with Gasteiger partial charge in [0.05, 0.1) is 17.4 Å². The van der Waals surface area contributed by atoms with Gasteiger partial charge in [-0.2, -0.15) is 0 Å². The lowest BCUT2D eigenvalue weighted by Gasteiger charge is -2.52. The third kappa shape index (κ3) is 3.10. The molecule has 3 fully saturated rings. The Morgan fingerprint density at radius 1 is 0.917 bits per heavy atom. The summed E-state index contributed by atoms with van der Waals surface area (Å²) in [4.78, 5) is 61.6. The van der Waals surface area contributed by atoms with Crippen LogP contribution in [0.2, 0.25) is 0 Å². The van der Waals surface area contributed by atoms with Gasteiger partial charge in [0.15, 0.2) is 4.87 Å². The molecule has 252 valence electrons. The average Bonchev–Trinajstić information content (AvgIpc) is 3.74. The first-order valence-corrected chi connectivity index (χ1v) is 18.3. The third-order valence-corrected chi connectivity index (χ3v) is 14.1. The first-order chi connectivity index (χ1) is 22.8. The fraction of sp³-hybridized carbons (Fsp3) is 0.455. The molecule has 2 aromatic carbocycles. The minimum atomic E-state index is -2.76. The second-order valence-corrected chi connectivity index (χ2v) is 16.2. The third-order valence-electron chi connectivity index (χ3n) is 11.5. The number of aliphatic hydroxyl groups is 3. The molecule has 4 amide bonds. The van der Waals surface area contributed by atoms with Gasteiger partial charge in [0.2, 0.25) is 0 Å². The second kappa shape index (κ2) is 9.91. The zero-order chi connectivity index (χ0) is 34.3. The van der Waals surface area contributed by atoms with Crippen LogP contribution in [-0.2, 0) is 30.0 Å². The molecule has 6 heterocycles. The highest BCUT2D eigenvalue weighted by atomic mass is 33.1. The number of carbonyl (C=O) groups excluding carboxylic acids is 4. The number of rotatable bonds is 5. The van der Waals surface area contributed by atoms with E-state index in [2.05, 4.69) is 10.6 Å². The number of nitrogens with one attached hydrogen (secondary N) is 2. The molecule has 3 saturated heterocycles. The molecular formula is C33H36N6O7S2. The molecule has 2 aromatic rings. The molecule has 15 heteroatoms. The van der Waals surface area contributed by atoms with Gasteiger partial charge >= 0.3 is 0 Å². The number of likely N-dealkylation sites (N-methyl/N-ethyl adjacent to an activating group) is 2. The van der Waals surface area contributed by atoms with Gasteiger partial charge in [0.25, 0.3) is 29.4 Å². The molecule has 6 aliphatic heterocycles. The van der Waals surface area contributed by atoms with E-state index in [0.717, 1.165) is 9.80 Å². The minimum Gasteiger partial charge on any atom is -0.394 e. The van der Waals surface area contributed by atoms with Gasteiger partial charge in [-0.25, -0.2) is 0 Å². The lowest BCUT2D eigenvalue weighted by Crippen LogP contribution is -2.73. The predicted molar refractivity (Wildman–Crippen MR) is 179 cm³/mol. The predicted octanol–water partition coefficient (Wildman–Crippen LogP) is 0.652. The highest BCUT2D eigenvalue weighted by Crippen LogP contribution is 2.70. The maximum atomic E-state index is 15.1. The van der Waals surface area contributed by atoms with E-state index in [4.69, 9.17) is 0 Å². The molecule has 0 bridgehead atoms. The number of benzene rings is 2. The van der Waals surface area contributed by atoms with E-state index in [1.165, 1.54) is 38.4 Å². The summed E-state index contributed by atoms with van der Waals surface area (Å²) in [6.45, 7) is 3.09. The number of hydrogen-bond donors (Lipinski definition) is 5. The number of anilines is 2. The van der Waals surface area contributed by atoms with Gasteiger partial charge in [-0.05, 0) is 41.5 Å². The SMILES string of the molecule is CSS[C@]1(C(C)C)C(=O)N2C(=C[C@]3(C45c6ccccc6N[C@H]4N4C(=O)[C@H](CO)N(C)C(=O)[C@@]4(O)[C@H]5O)c4ccccc4N[C@H]23)C(=O)N1C. The highest BCUT2D eigenvalue weighted by molar-refractivity contribution is 8.77. The average molecular weight is 693 g/mol. The Bertz CT molecular complexity index is 1860. The summed E-state index contributed by atoms with van der Waals surface area (Å²) in [7, 11) is 5.60. The van der Waals surface area contributed by atoms with Crippen molar-refractivity contribution in [3.05, 3.63) is 71.4 Å². The van der Waals surface area contributed by atoms with Gasteiger partial charge in [-0.3, -0.25) is 29.0 Å². The molecule has 0 radical (unpaired) electrons. The van der Waals surface area contributed by atoms with Crippen molar-refractivity contribution in [3.8, 4) is 0 Å². The van der Waals surface area contributed by atoms with Crippen molar-refractivity contribution in [1.29, 1.82) is 0 Å². The number of aliphatic hydroxyl groups excluding tert-OH is 2. The molecular weight excluding hydrogens is 657 g/mol. The zero-order valence-electron chi connectivity index (χ0n) is 26.9. The Labute approximate surface area is 284 Å². The lowest BCUT2D eigenvalue weighted by molar-refractivity contribution is -0.209. The summed E-state index contributed by atoms with van der Waals surface area (Å²) >= 11 is 0. The number of fused-ring (bicyclic) bond motifs is 11. The van der Waals surface area contributed by atoms with Crippen molar-refractivity contribution in [3.63, 3.8) is 0 Å². The number of amides is 4. The molecule has 0 saturated carbocycles. The Morgan fingerprint density at radius 2 is 1.52 bits per heavy atom. The summed E-state index contributed by atoms with van der Waals surface area (Å²) in [6, 6.07) is 13.1. The molecule has 0 aromatic heterocycles. The molecule has 8 atom stereocenters. The summed E-state index contributed by atoms with van der Waals surface area (Å²) in [5.41, 5.74) is -3.65. The fourth-order valence-corrected chi connectivity index (χ4v) is 12.2. The van der Waals surface area contributed by atoms with E-state index in [1.54, 1.807) is 37.4 Å². The van der Waals surface area contributed by atoms with Crippen LogP contribution in [0.4, 0.5) is 11.4 Å². The highest BCUT2D eigenvalue weighted by Gasteiger charge is 2.85. The molecule has 8 rings (SSSR count). The molecule has 0 spiro atoms. The van der Waals surface area contributed by atoms with Crippen LogP contribution in [0.1, 0.15) is 25.0 Å². The van der Waals surface area contributed by atoms with Crippen molar-refractivity contribution in [2.45, 2.75) is 59.8 Å². The van der Waals surface area contributed by atoms with Crippen LogP contribution in [0.3, 0.4) is 0 Å². The number of para-hydroxylation sites is 2. The van der Waals surface area contributed by atoms with Crippen molar-refractivity contribution >= 4 is 56.6 Å². The summed E-state index contributed by atoms with van der Waals surface area (Å²) < 4.78 is 0. The van der Waals surface area contributed by atoms with Crippen LogP contribution in [0, 0.1) is 5.92 Å². The Morgan fingerprint density at radius 3 is 2.15 bits per heavy atom. The maximum Gasteiger partial charge on any atom is 0.279 e. The number of hydrogen-bond acceptors (Lipinski definition) is 11. The van der Waals surface area contributed by atoms with Crippen LogP contribution >= 0.6 is 21.6 Å². The van der Waals surface area contributed by atoms with E-state index in [-0.39, 0.29) is 17.5 Å². The summed E-state index contributed by atoms with van der Waals surface area (Å²) in [5, 5.41) is 42.5. The van der Waals surface area contributed by atoms with Crippen LogP contribution in [0.5, 0.6) is 0 Å². The van der Waals surface area contributed by atoms with Crippen LogP contribution in [0.15, 0.2) is 60.3 Å². The monoisotopic (exact) mass is 692 g/mol. The molecule has 48 heavy (non-hydrogen) atoms. The largest absolute Gasteiger partial charge is 0.394 e. The Hall–Kier alpha value is -3.76. The standard InChI is InChI=1S/C33H36N6O7S2/c1-16(2)33(48-47-5)29(45)38-21(23(41)37(33)4)14-30(17-10-6-8-12-19(17)34-26(30)38)31-18-11-7-9-13-20(18)35-27(31)39-24(42)22(15-40)36(3)28(44)32(39,46)25(31)43/h6-14,16,22,25-27,34-35,40,43,46H,15H2,1-5H3/t22-,25-,26+,27-,30-,31?,32-,33+/m0/s1. The van der Waals surface area contributed by atoms with Gasteiger partial charge in [0, 0.05) is 25.5 Å². The fourth-order valence-electron chi connectivity index (χ4n) is 9.48. The quantitative estimate of drug-likeness (QED) is 0.280. The molecule has 0 aliphatic carbocycles. The number of carbonyl (C=O) groups is 4. The van der Waals surface area contributed by atoms with Crippen molar-refractivity contribution in [2.75, 3.05) is 37.6 Å². The van der Waals surface area contributed by atoms with Crippen LogP contribution in [-0.4, -0.2) is 121 Å². The zero-order valence-corrected chi connectivity index (χ0v) is 28.5. The summed E-state index contributed by atoms with van der Waals surface area (Å²) in [5.74, 6) is -2.75.